The van der Waals surface area contributed by atoms with Gasteiger partial charge in [0.15, 0.2) is 0 Å². The number of methoxy groups -OCH3 is 2. The smallest absolute Gasteiger partial charge is 0.255 e. The number of benzene rings is 4. The van der Waals surface area contributed by atoms with E-state index in [4.69, 9.17) is 31.6 Å². The van der Waals surface area contributed by atoms with Gasteiger partial charge in [0.05, 0.1) is 106 Å². The molecule has 32 heteroatoms. The zero-order valence-corrected chi connectivity index (χ0v) is 85.5. The van der Waals surface area contributed by atoms with Crippen molar-refractivity contribution in [2.24, 2.45) is 0 Å². The molecule has 760 valence electrons. The lowest BCUT2D eigenvalue weighted by Gasteiger charge is -2.26. The summed E-state index contributed by atoms with van der Waals surface area (Å²) < 4.78 is 22.3. The first kappa shape index (κ1) is 101. The molecule has 0 saturated carbocycles. The van der Waals surface area contributed by atoms with Crippen molar-refractivity contribution < 1.29 is 38.2 Å². The summed E-state index contributed by atoms with van der Waals surface area (Å²) in [7, 11) is 7.33. The molecule has 14 aromatic heterocycles. The molecule has 24 rings (SSSR count). The lowest BCUT2D eigenvalue weighted by atomic mass is 10.1. The number of nitrogens with zero attached hydrogens (tertiary/aromatic N) is 23. The minimum atomic E-state index is 0.0633. The number of carbonyl (C=O) groups excluding carboxylic acids is 6. The molecule has 20 heterocycles. The second kappa shape index (κ2) is 47.5. The van der Waals surface area contributed by atoms with E-state index in [0.717, 1.165) is 267 Å². The second-order valence-corrected chi connectivity index (χ2v) is 38.9. The van der Waals surface area contributed by atoms with Crippen molar-refractivity contribution in [3.8, 4) is 57.8 Å². The van der Waals surface area contributed by atoms with Gasteiger partial charge in [0.25, 0.3) is 35.4 Å². The summed E-state index contributed by atoms with van der Waals surface area (Å²) in [6.07, 6.45) is 48.8. The molecule has 6 aliphatic rings. The first-order valence-corrected chi connectivity index (χ1v) is 51.9. The monoisotopic (exact) mass is 2020 g/mol. The molecular formula is C118H118ClN23O8. The third-order valence-electron chi connectivity index (χ3n) is 28.2. The third kappa shape index (κ3) is 23.4. The van der Waals surface area contributed by atoms with Crippen molar-refractivity contribution in [1.82, 2.24) is 96.7 Å². The molecule has 6 fully saturated rings. The molecule has 4 aromatic carbocycles. The van der Waals surface area contributed by atoms with Gasteiger partial charge in [-0.3, -0.25) is 47.9 Å². The lowest BCUT2D eigenvalue weighted by molar-refractivity contribution is 0.0716. The number of hydrogen-bond donors (Lipinski definition) is 0. The predicted molar refractivity (Wildman–Crippen MR) is 582 cm³/mol. The van der Waals surface area contributed by atoms with Crippen molar-refractivity contribution in [1.29, 1.82) is 10.5 Å². The highest BCUT2D eigenvalue weighted by Gasteiger charge is 2.28. The van der Waals surface area contributed by atoms with Crippen molar-refractivity contribution in [3.63, 3.8) is 0 Å². The maximum absolute atomic E-state index is 12.7. The molecule has 6 aliphatic heterocycles. The van der Waals surface area contributed by atoms with Crippen LogP contribution in [-0.4, -0.2) is 239 Å². The summed E-state index contributed by atoms with van der Waals surface area (Å²) >= 11 is 6.02. The molecule has 0 bridgehead atoms. The Kier molecular flexibility index (Phi) is 32.2. The van der Waals surface area contributed by atoms with E-state index < -0.39 is 0 Å². The van der Waals surface area contributed by atoms with Crippen LogP contribution in [0.3, 0.4) is 0 Å². The molecule has 18 aromatic rings. The van der Waals surface area contributed by atoms with Gasteiger partial charge in [-0.15, -0.1) is 0 Å². The first-order valence-electron chi connectivity index (χ1n) is 51.5. The van der Waals surface area contributed by atoms with Crippen molar-refractivity contribution in [3.05, 3.63) is 331 Å². The van der Waals surface area contributed by atoms with Crippen LogP contribution in [0.2, 0.25) is 5.02 Å². The molecule has 0 N–H and O–H groups in total. The number of carbonyl (C=O) groups is 6. The molecule has 0 radical (unpaired) electrons. The van der Waals surface area contributed by atoms with E-state index in [0.29, 0.717) is 55.3 Å². The van der Waals surface area contributed by atoms with Gasteiger partial charge in [0, 0.05) is 240 Å². The van der Waals surface area contributed by atoms with E-state index in [9.17, 15) is 28.8 Å². The van der Waals surface area contributed by atoms with Gasteiger partial charge in [-0.2, -0.15) is 10.5 Å². The Labute approximate surface area is 874 Å². The van der Waals surface area contributed by atoms with Crippen molar-refractivity contribution >= 4 is 119 Å². The summed E-state index contributed by atoms with van der Waals surface area (Å²) in [5.74, 6) is 1.98. The van der Waals surface area contributed by atoms with E-state index in [1.807, 2.05) is 249 Å². The number of hydrogen-bond acceptors (Lipinski definition) is 19. The van der Waals surface area contributed by atoms with Crippen molar-refractivity contribution in [2.75, 3.05) is 112 Å². The Morgan fingerprint density at radius 1 is 0.273 bits per heavy atom. The van der Waals surface area contributed by atoms with E-state index in [1.165, 1.54) is 38.5 Å². The molecule has 31 nitrogen and oxygen atoms in total. The molecule has 0 unspecified atom stereocenters. The number of piperidine rings is 6. The Morgan fingerprint density at radius 2 is 0.547 bits per heavy atom. The van der Waals surface area contributed by atoms with E-state index in [-0.39, 0.29) is 35.4 Å². The first-order chi connectivity index (χ1) is 73.4. The number of rotatable bonds is 15. The summed E-state index contributed by atoms with van der Waals surface area (Å²) in [6.45, 7) is 10.1. The Morgan fingerprint density at radius 3 is 0.840 bits per heavy atom. The standard InChI is InChI=1S/C21H24N4O.2C20H18N4O.C20H21N3O2.C19H20N4O2.C18H17ClN4O/c1-23(2)18-7-6-8-19(14-18)25-12-9-16-13-17(15-22-20(16)25)21(26)24-10-4-3-5-11-24;21-13-15-4-6-18(7-5-15)24-11-8-16-12-17(14-22-19(16)24)20(25)23-9-2-1-3-10-23;21-13-15-5-4-6-18(11-15)24-10-7-16-12-17(14-22-19(16)24)20(25)23-8-2-1-3-9-23;1-25-18-7-5-17(6-8-18)23-12-9-15-13-16(14-21-19(15)23)20(24)22-10-3-2-4-11-22;1-25-17-10-16(12-20-13-17)23-8-5-14-9-15(11-21-18(14)23)19(24)22-6-3-2-4-7-22;19-15-9-16(12-20-11-15)23-7-4-13-8-14(10-21-17(13)23)18(24)22-5-2-1-3-6-22/h6-9,12-15H,3-5,10-11H2,1-2H3;4-8,11-12,14H,1-3,9-10H2;4-7,10-12,14H,1-3,8-9H2;5-9,12-14H,2-4,10-11H2,1H3;5,8-13H,2-4,6-7H2,1H3;4,7-12H,1-3,5-6H2. The maximum atomic E-state index is 12.7. The SMILES string of the molecule is CN(C)c1cccc(-n2ccc3cc(C(=O)N4CCCCC4)cnc32)c1.COc1ccc(-n2ccc3cc(C(=O)N4CCCCC4)cnc32)cc1.COc1cncc(-n2ccc3cc(C(=O)N4CCCCC4)cnc32)c1.N#Cc1ccc(-n2ccc3cc(C(=O)N4CCCCC4)cnc32)cc1.N#Cc1cccc(-n2ccc3cc(C(=O)N4CCCCC4)cnc32)c1.O=C(c1cnc2c(ccn2-c2cncc(Cl)c2)c1)N1CCCCC1. The molecular weight excluding hydrogens is 1900 g/mol. The maximum Gasteiger partial charge on any atom is 0.255 e. The predicted octanol–water partition coefficient (Wildman–Crippen LogP) is 21.2. The summed E-state index contributed by atoms with van der Waals surface area (Å²) in [6, 6.07) is 62.4. The van der Waals surface area contributed by atoms with Gasteiger partial charge in [-0.25, -0.2) is 29.9 Å². The van der Waals surface area contributed by atoms with Gasteiger partial charge in [-0.05, 0) is 279 Å². The number of likely N-dealkylation sites (tertiary alicyclic amines) is 6. The summed E-state index contributed by atoms with van der Waals surface area (Å²) in [4.78, 5) is 125. The van der Waals surface area contributed by atoms with Gasteiger partial charge in [0.2, 0.25) is 0 Å². The van der Waals surface area contributed by atoms with Crippen LogP contribution < -0.4 is 14.4 Å². The van der Waals surface area contributed by atoms with Crippen LogP contribution in [0.4, 0.5) is 5.69 Å². The number of pyridine rings is 8. The zero-order valence-electron chi connectivity index (χ0n) is 84.7. The van der Waals surface area contributed by atoms with Gasteiger partial charge >= 0.3 is 0 Å². The minimum Gasteiger partial charge on any atom is -0.497 e. The van der Waals surface area contributed by atoms with Crippen LogP contribution in [0, 0.1) is 22.7 Å². The second-order valence-electron chi connectivity index (χ2n) is 38.4. The third-order valence-corrected chi connectivity index (χ3v) is 28.4. The average Bonchev–Trinajstić information content (AvgIpc) is 1.66. The Bertz CT molecular complexity index is 7990. The number of nitriles is 2. The van der Waals surface area contributed by atoms with Crippen LogP contribution in [0.15, 0.2) is 281 Å². The topological polar surface area (TPSA) is 324 Å². The number of fused-ring (bicyclic) bond motifs is 6. The zero-order chi connectivity index (χ0) is 104. The average molecular weight is 2020 g/mol. The Balaban J connectivity index is 0.000000113. The fourth-order valence-electron chi connectivity index (χ4n) is 20.0. The molecule has 0 spiro atoms. The summed E-state index contributed by atoms with van der Waals surface area (Å²) in [5, 5.41) is 24.3. The van der Waals surface area contributed by atoms with E-state index >= 15 is 0 Å². The fourth-order valence-corrected chi connectivity index (χ4v) is 20.2. The van der Waals surface area contributed by atoms with E-state index in [1.54, 1.807) is 94.4 Å². The van der Waals surface area contributed by atoms with Crippen molar-refractivity contribution in [2.45, 2.75) is 116 Å². The van der Waals surface area contributed by atoms with Crippen LogP contribution in [-0.2, 0) is 0 Å². The van der Waals surface area contributed by atoms with Crippen LogP contribution >= 0.6 is 11.6 Å². The molecule has 0 aliphatic carbocycles. The molecule has 6 saturated heterocycles. The van der Waals surface area contributed by atoms with Crippen LogP contribution in [0.25, 0.3) is 100 Å². The minimum absolute atomic E-state index is 0.0633. The number of amides is 6. The highest BCUT2D eigenvalue weighted by Crippen LogP contribution is 2.33. The lowest BCUT2D eigenvalue weighted by Crippen LogP contribution is -2.35. The summed E-state index contributed by atoms with van der Waals surface area (Å²) in [5.41, 5.74) is 16.8. The number of ether oxygens (including phenoxy) is 2. The molecule has 0 atom stereocenters. The number of aromatic nitrogens is 14. The molecule has 6 amide bonds. The normalized spacial score (nSPS) is 14.6. The number of anilines is 1. The largest absolute Gasteiger partial charge is 0.497 e. The van der Waals surface area contributed by atoms with E-state index in [2.05, 4.69) is 79.7 Å². The van der Waals surface area contributed by atoms with Gasteiger partial charge in [0.1, 0.15) is 45.4 Å². The Hall–Kier alpha value is -17.2. The van der Waals surface area contributed by atoms with Gasteiger partial charge < -0.3 is 62.0 Å². The van der Waals surface area contributed by atoms with Crippen LogP contribution in [0.5, 0.6) is 11.5 Å². The number of halogens is 1. The fraction of sp³-hybridized carbons (Fsp3) is 0.288. The highest BCUT2D eigenvalue weighted by molar-refractivity contribution is 6.30. The van der Waals surface area contributed by atoms with Gasteiger partial charge in [-0.1, -0.05) is 23.7 Å². The quantitative estimate of drug-likeness (QED) is 0.0920. The van der Waals surface area contributed by atoms with Crippen LogP contribution in [0.1, 0.15) is 189 Å². The highest BCUT2D eigenvalue weighted by atomic mass is 35.5. The molecule has 150 heavy (non-hydrogen) atoms.